The Balaban J connectivity index is 1.90. The molecule has 2 aromatic carbocycles. The Morgan fingerprint density at radius 1 is 1.12 bits per heavy atom. The Bertz CT molecular complexity index is 1290. The Labute approximate surface area is 189 Å². The zero-order valence-corrected chi connectivity index (χ0v) is 18.0. The molecular formula is C24H20F2N5O2. The first-order chi connectivity index (χ1) is 15.8. The molecule has 9 heteroatoms. The maximum Gasteiger partial charge on any atom is 0.283 e. The van der Waals surface area contributed by atoms with E-state index in [0.29, 0.717) is 22.6 Å². The van der Waals surface area contributed by atoms with Gasteiger partial charge in [0.2, 0.25) is 0 Å². The molecule has 0 aliphatic carbocycles. The van der Waals surface area contributed by atoms with Gasteiger partial charge in [-0.15, -0.1) is 0 Å². The van der Waals surface area contributed by atoms with Gasteiger partial charge in [0, 0.05) is 30.9 Å². The third-order valence-electron chi connectivity index (χ3n) is 5.01. The number of benzene rings is 2. The fourth-order valence-corrected chi connectivity index (χ4v) is 3.62. The largest absolute Gasteiger partial charge is 0.305 e. The summed E-state index contributed by atoms with van der Waals surface area (Å²) in [6.07, 6.45) is 3.20. The van der Waals surface area contributed by atoms with Crippen LogP contribution in [0.3, 0.4) is 0 Å². The van der Waals surface area contributed by atoms with Crippen molar-refractivity contribution in [1.29, 1.82) is 0 Å². The molecule has 0 bridgehead atoms. The molecule has 0 unspecified atom stereocenters. The predicted octanol–water partition coefficient (Wildman–Crippen LogP) is 4.57. The van der Waals surface area contributed by atoms with Crippen molar-refractivity contribution in [3.05, 3.63) is 105 Å². The fourth-order valence-electron chi connectivity index (χ4n) is 3.62. The molecule has 0 saturated heterocycles. The highest BCUT2D eigenvalue weighted by Crippen LogP contribution is 2.35. The van der Waals surface area contributed by atoms with Gasteiger partial charge in [-0.3, -0.25) is 10.1 Å². The third-order valence-corrected chi connectivity index (χ3v) is 5.01. The Morgan fingerprint density at radius 2 is 1.85 bits per heavy atom. The number of nitrogens with zero attached hydrogens (tertiary/aromatic N) is 5. The number of pyridine rings is 1. The second-order valence-corrected chi connectivity index (χ2v) is 7.74. The van der Waals surface area contributed by atoms with Crippen LogP contribution in [0.15, 0.2) is 60.9 Å². The molecule has 0 spiro atoms. The van der Waals surface area contributed by atoms with Gasteiger partial charge in [-0.2, -0.15) is 5.10 Å². The van der Waals surface area contributed by atoms with Gasteiger partial charge < -0.3 is 4.90 Å². The molecule has 167 valence electrons. The summed E-state index contributed by atoms with van der Waals surface area (Å²) in [6, 6.07) is 15.0. The molecule has 2 aromatic heterocycles. The number of aromatic nitrogens is 3. The van der Waals surface area contributed by atoms with E-state index in [1.807, 2.05) is 0 Å². The Hall–Kier alpha value is -3.98. The van der Waals surface area contributed by atoms with Crippen molar-refractivity contribution >= 4 is 5.69 Å². The van der Waals surface area contributed by atoms with E-state index < -0.39 is 16.6 Å². The van der Waals surface area contributed by atoms with Crippen LogP contribution in [0.5, 0.6) is 0 Å². The highest BCUT2D eigenvalue weighted by atomic mass is 19.1. The van der Waals surface area contributed by atoms with E-state index in [4.69, 9.17) is 0 Å². The number of hydrogen-bond acceptors (Lipinski definition) is 5. The molecule has 1 radical (unpaired) electrons. The lowest BCUT2D eigenvalue weighted by molar-refractivity contribution is -0.385. The van der Waals surface area contributed by atoms with Crippen molar-refractivity contribution < 1.29 is 13.7 Å². The van der Waals surface area contributed by atoms with Gasteiger partial charge in [0.05, 0.1) is 21.7 Å². The molecule has 0 fully saturated rings. The first kappa shape index (κ1) is 22.2. The van der Waals surface area contributed by atoms with Gasteiger partial charge in [0.1, 0.15) is 11.6 Å². The van der Waals surface area contributed by atoms with Gasteiger partial charge in [0.15, 0.2) is 5.82 Å². The lowest BCUT2D eigenvalue weighted by Gasteiger charge is -2.15. The third kappa shape index (κ3) is 4.78. The summed E-state index contributed by atoms with van der Waals surface area (Å²) < 4.78 is 30.1. The van der Waals surface area contributed by atoms with Gasteiger partial charge in [0.25, 0.3) is 5.69 Å². The summed E-state index contributed by atoms with van der Waals surface area (Å²) >= 11 is 0. The minimum Gasteiger partial charge on any atom is -0.305 e. The van der Waals surface area contributed by atoms with Crippen LogP contribution in [0, 0.1) is 27.8 Å². The van der Waals surface area contributed by atoms with Crippen LogP contribution >= 0.6 is 0 Å². The van der Waals surface area contributed by atoms with Crippen LogP contribution in [-0.2, 0) is 13.0 Å². The van der Waals surface area contributed by atoms with Crippen LogP contribution in [0.4, 0.5) is 14.5 Å². The summed E-state index contributed by atoms with van der Waals surface area (Å²) in [7, 11) is 3.55. The van der Waals surface area contributed by atoms with E-state index in [-0.39, 0.29) is 29.8 Å². The molecule has 7 nitrogen and oxygen atoms in total. The first-order valence-electron chi connectivity index (χ1n) is 10.1. The standard InChI is InChI=1S/C24H20F2N5O2/c1-29(2)15-17-12-16(13-18-20(25)6-3-7-21(18)26)14-19(24(17)31(32)33)22-8-4-9-23(28-22)30-11-5-10-27-30/h3-11,14H,13,15H2,1-2H3. The van der Waals surface area contributed by atoms with Crippen LogP contribution in [0.2, 0.25) is 0 Å². The van der Waals surface area contributed by atoms with Gasteiger partial charge >= 0.3 is 0 Å². The summed E-state index contributed by atoms with van der Waals surface area (Å²) in [5.74, 6) is -0.886. The highest BCUT2D eigenvalue weighted by molar-refractivity contribution is 5.74. The van der Waals surface area contributed by atoms with E-state index >= 15 is 0 Å². The van der Waals surface area contributed by atoms with Gasteiger partial charge in [-0.25, -0.2) is 18.4 Å². The normalized spacial score (nSPS) is 11.2. The van der Waals surface area contributed by atoms with Crippen LogP contribution in [0.25, 0.3) is 17.1 Å². The molecular weight excluding hydrogens is 428 g/mol. The molecule has 2 heterocycles. The number of nitro groups is 1. The number of nitro benzene ring substituents is 1. The number of hydrogen-bond donors (Lipinski definition) is 0. The van der Waals surface area contributed by atoms with Crippen molar-refractivity contribution in [3.63, 3.8) is 0 Å². The summed E-state index contributed by atoms with van der Waals surface area (Å²) in [6.45, 7) is 0.218. The molecule has 0 N–H and O–H groups in total. The molecule has 0 saturated carbocycles. The Kier molecular flexibility index (Phi) is 6.23. The van der Waals surface area contributed by atoms with Crippen LogP contribution in [-0.4, -0.2) is 38.7 Å². The smallest absolute Gasteiger partial charge is 0.283 e. The van der Waals surface area contributed by atoms with E-state index in [2.05, 4.69) is 16.1 Å². The maximum absolute atomic E-state index is 14.3. The molecule has 0 amide bonds. The summed E-state index contributed by atoms with van der Waals surface area (Å²) in [5, 5.41) is 16.2. The molecule has 0 atom stereocenters. The maximum atomic E-state index is 14.3. The van der Waals surface area contributed by atoms with E-state index in [9.17, 15) is 18.9 Å². The van der Waals surface area contributed by atoms with Crippen molar-refractivity contribution in [2.24, 2.45) is 0 Å². The summed E-state index contributed by atoms with van der Waals surface area (Å²) in [4.78, 5) is 17.9. The molecule has 33 heavy (non-hydrogen) atoms. The van der Waals surface area contributed by atoms with Crippen molar-refractivity contribution in [3.8, 4) is 17.1 Å². The number of halogens is 2. The molecule has 0 aliphatic rings. The SMILES string of the molecule is CN(C)Cc1[c]c(Cc2c(F)cccc2F)cc(-c2cccc(-n3cccn3)n2)c1[N+](=O)[O-]. The van der Waals surface area contributed by atoms with E-state index in [0.717, 1.165) is 0 Å². The lowest BCUT2D eigenvalue weighted by atomic mass is 9.95. The Morgan fingerprint density at radius 3 is 2.48 bits per heavy atom. The van der Waals surface area contributed by atoms with Crippen molar-refractivity contribution in [1.82, 2.24) is 19.7 Å². The predicted molar refractivity (Wildman–Crippen MR) is 119 cm³/mol. The van der Waals surface area contributed by atoms with E-state index in [1.165, 1.54) is 24.3 Å². The van der Waals surface area contributed by atoms with Crippen molar-refractivity contribution in [2.45, 2.75) is 13.0 Å². The average Bonchev–Trinajstić information content (AvgIpc) is 3.30. The van der Waals surface area contributed by atoms with Crippen LogP contribution < -0.4 is 0 Å². The van der Waals surface area contributed by atoms with Crippen molar-refractivity contribution in [2.75, 3.05) is 14.1 Å². The van der Waals surface area contributed by atoms with E-state index in [1.54, 1.807) is 60.3 Å². The number of rotatable bonds is 7. The fraction of sp³-hybridized carbons (Fsp3) is 0.167. The minimum absolute atomic E-state index is 0.108. The second-order valence-electron chi connectivity index (χ2n) is 7.74. The quantitative estimate of drug-likeness (QED) is 0.306. The topological polar surface area (TPSA) is 77.1 Å². The molecule has 4 aromatic rings. The monoisotopic (exact) mass is 448 g/mol. The van der Waals surface area contributed by atoms with Gasteiger partial charge in [-0.1, -0.05) is 12.1 Å². The van der Waals surface area contributed by atoms with Gasteiger partial charge in [-0.05, 0) is 62.1 Å². The highest BCUT2D eigenvalue weighted by Gasteiger charge is 2.25. The zero-order valence-electron chi connectivity index (χ0n) is 18.0. The zero-order chi connectivity index (χ0) is 23.5. The second kappa shape index (κ2) is 9.25. The molecule has 4 rings (SSSR count). The average molecular weight is 448 g/mol. The molecule has 0 aliphatic heterocycles. The first-order valence-corrected chi connectivity index (χ1v) is 10.1. The van der Waals surface area contributed by atoms with Crippen LogP contribution in [0.1, 0.15) is 16.7 Å². The minimum atomic E-state index is -0.684. The summed E-state index contributed by atoms with van der Waals surface area (Å²) in [5.41, 5.74) is 1.05. The lowest BCUT2D eigenvalue weighted by Crippen LogP contribution is -2.14.